The molecule has 1 aromatic carbocycles. The minimum atomic E-state index is -0.605. The second-order valence-corrected chi connectivity index (χ2v) is 10.2. The van der Waals surface area contributed by atoms with Gasteiger partial charge in [0.15, 0.2) is 0 Å². The lowest BCUT2D eigenvalue weighted by Gasteiger charge is -2.29. The van der Waals surface area contributed by atoms with Crippen LogP contribution in [-0.4, -0.2) is 17.6 Å². The zero-order chi connectivity index (χ0) is 17.0. The van der Waals surface area contributed by atoms with E-state index in [1.54, 1.807) is 0 Å². The van der Waals surface area contributed by atoms with Gasteiger partial charge in [0.2, 0.25) is 0 Å². The van der Waals surface area contributed by atoms with Crippen molar-refractivity contribution < 1.29 is 9.53 Å². The maximum absolute atomic E-state index is 12.0. The molecule has 0 saturated heterocycles. The molecule has 0 spiro atoms. The van der Waals surface area contributed by atoms with E-state index in [0.717, 1.165) is 5.56 Å². The van der Waals surface area contributed by atoms with E-state index in [4.69, 9.17) is 4.74 Å². The largest absolute Gasteiger partial charge is 0.468 e. The van der Waals surface area contributed by atoms with Gasteiger partial charge in [-0.25, -0.2) is 0 Å². The van der Waals surface area contributed by atoms with Crippen LogP contribution >= 0.6 is 35.4 Å². The van der Waals surface area contributed by atoms with Crippen molar-refractivity contribution in [2.45, 2.75) is 53.9 Å². The number of halogens is 2. The second-order valence-electron chi connectivity index (χ2n) is 5.72. The first-order chi connectivity index (χ1) is 9.57. The topological polar surface area (TPSA) is 26.3 Å². The molecule has 0 aliphatic carbocycles. The third kappa shape index (κ3) is 4.50. The molecule has 0 aromatic heterocycles. The number of esters is 1. The van der Waals surface area contributed by atoms with Gasteiger partial charge in [-0.05, 0) is 100 Å². The van der Waals surface area contributed by atoms with Gasteiger partial charge in [0.25, 0.3) is 0 Å². The number of rotatable bonds is 2. The molecule has 0 saturated carbocycles. The average Bonchev–Trinajstić information content (AvgIpc) is 2.42. The smallest absolute Gasteiger partial charge is 0.315 e. The fourth-order valence-electron chi connectivity index (χ4n) is 2.79. The molecule has 0 aliphatic heterocycles. The van der Waals surface area contributed by atoms with Crippen LogP contribution in [0.2, 0.25) is 0 Å². The first kappa shape index (κ1) is 21.0. The van der Waals surface area contributed by atoms with Gasteiger partial charge in [0, 0.05) is 0 Å². The van der Waals surface area contributed by atoms with Gasteiger partial charge >= 0.3 is 5.97 Å². The molecule has 1 rings (SSSR count). The zero-order valence-electron chi connectivity index (χ0n) is 14.3. The van der Waals surface area contributed by atoms with E-state index >= 15 is 0 Å². The highest BCUT2D eigenvalue weighted by molar-refractivity contribution is 15.0. The second kappa shape index (κ2) is 8.60. The Bertz CT molecular complexity index is 517. The summed E-state index contributed by atoms with van der Waals surface area (Å²) in [5.74, 6) is -0.184. The normalized spacial score (nSPS) is 10.7. The van der Waals surface area contributed by atoms with Crippen molar-refractivity contribution in [3.05, 3.63) is 33.4 Å². The monoisotopic (exact) mass is 516 g/mol. The maximum atomic E-state index is 12.0. The Morgan fingerprint density at radius 1 is 1.00 bits per heavy atom. The third-order valence-corrected chi connectivity index (χ3v) is 4.32. The molecule has 0 amide bonds. The summed E-state index contributed by atoms with van der Waals surface area (Å²) in [6.45, 7) is 14.4. The summed E-state index contributed by atoms with van der Waals surface area (Å²) in [4.78, 5) is 12.0. The van der Waals surface area contributed by atoms with E-state index in [1.807, 2.05) is 13.8 Å². The number of methoxy groups -OCH3 is 1. The Morgan fingerprint density at radius 2 is 1.29 bits per heavy atom. The number of hydrogen-bond donors (Lipinski definition) is 0. The Hall–Kier alpha value is 0.0200. The summed E-state index contributed by atoms with van der Waals surface area (Å²) in [5, 5.41) is 0. The molecular formula is C17H26I2O2. The van der Waals surface area contributed by atoms with Crippen LogP contribution in [0.4, 0.5) is 0 Å². The van der Waals surface area contributed by atoms with Gasteiger partial charge in [-0.2, -0.15) is 0 Å². The number of ether oxygens (including phenoxy) is 1. The van der Waals surface area contributed by atoms with Crippen LogP contribution in [0.5, 0.6) is 0 Å². The number of benzene rings is 1. The molecule has 2 nitrogen and oxygen atoms in total. The lowest BCUT2D eigenvalue weighted by atomic mass is 9.75. The van der Waals surface area contributed by atoms with Crippen molar-refractivity contribution in [2.75, 3.05) is 7.11 Å². The molecule has 0 atom stereocenters. The van der Waals surface area contributed by atoms with Crippen molar-refractivity contribution in [3.8, 4) is 0 Å². The van der Waals surface area contributed by atoms with Crippen LogP contribution in [0, 0.1) is 34.6 Å². The van der Waals surface area contributed by atoms with Crippen LogP contribution in [0.3, 0.4) is 0 Å². The molecule has 21 heavy (non-hydrogen) atoms. The fourth-order valence-corrected chi connectivity index (χ4v) is 2.79. The molecule has 120 valence electrons. The summed E-state index contributed by atoms with van der Waals surface area (Å²) in [6, 6.07) is 0. The van der Waals surface area contributed by atoms with Gasteiger partial charge in [0.05, 0.1) is 12.5 Å². The van der Waals surface area contributed by atoms with Gasteiger partial charge in [-0.1, -0.05) is 21.3 Å². The highest BCUT2D eigenvalue weighted by Crippen LogP contribution is 2.35. The predicted molar refractivity (Wildman–Crippen MR) is 110 cm³/mol. The molecule has 0 unspecified atom stereocenters. The van der Waals surface area contributed by atoms with Crippen molar-refractivity contribution in [2.24, 2.45) is 0 Å². The maximum Gasteiger partial charge on any atom is 0.315 e. The number of hydrogen-bond acceptors (Lipinski definition) is 2. The Labute approximate surface area is 149 Å². The van der Waals surface area contributed by atoms with Gasteiger partial charge in [-0.15, -0.1) is 0 Å². The van der Waals surface area contributed by atoms with Crippen LogP contribution in [0.15, 0.2) is 0 Å². The average molecular weight is 516 g/mol. The van der Waals surface area contributed by atoms with E-state index in [9.17, 15) is 4.79 Å². The lowest BCUT2D eigenvalue weighted by molar-refractivity contribution is -0.146. The van der Waals surface area contributed by atoms with Crippen LogP contribution in [-0.2, 0) is 14.9 Å². The lowest BCUT2D eigenvalue weighted by Crippen LogP contribution is -2.32. The molecular weight excluding hydrogens is 490 g/mol. The molecule has 0 heterocycles. The molecule has 0 aliphatic rings. The summed E-state index contributed by atoms with van der Waals surface area (Å²) in [7, 11) is 1.45. The van der Waals surface area contributed by atoms with E-state index in [2.05, 4.69) is 57.7 Å². The molecule has 0 fully saturated rings. The van der Waals surface area contributed by atoms with Gasteiger partial charge in [0.1, 0.15) is 0 Å². The van der Waals surface area contributed by atoms with Crippen molar-refractivity contribution in [1.82, 2.24) is 0 Å². The first-order valence-electron chi connectivity index (χ1n) is 6.73. The van der Waals surface area contributed by atoms with E-state index in [0.29, 0.717) is 16.8 Å². The van der Waals surface area contributed by atoms with E-state index in [-0.39, 0.29) is 5.97 Å². The first-order valence-corrected chi connectivity index (χ1v) is 14.5. The highest BCUT2D eigenvalue weighted by Gasteiger charge is 2.35. The van der Waals surface area contributed by atoms with Crippen molar-refractivity contribution in [1.29, 1.82) is 0 Å². The number of carbonyl (C=O) groups excluding carboxylic acids is 1. The summed E-state index contributed by atoms with van der Waals surface area (Å²) < 4.78 is 8.53. The Morgan fingerprint density at radius 3 is 1.57 bits per heavy atom. The minimum absolute atomic E-state index is 0.184. The standard InChI is InChI=1S/C16H24O2.CH2I2/c1-9-10(2)12(4)14(13(5)11(9)3)16(6,7)15(17)18-8;1-3-2/h1-8H3;1H2. The molecule has 0 bridgehead atoms. The highest BCUT2D eigenvalue weighted by atomic mass is 128. The van der Waals surface area contributed by atoms with Gasteiger partial charge in [-0.3, -0.25) is 4.79 Å². The zero-order valence-corrected chi connectivity index (χ0v) is 18.6. The molecule has 0 radical (unpaired) electrons. The van der Waals surface area contributed by atoms with E-state index in [1.165, 1.54) is 34.9 Å². The number of carbonyl (C=O) groups is 1. The quantitative estimate of drug-likeness (QED) is 0.388. The molecule has 1 aromatic rings. The van der Waals surface area contributed by atoms with Crippen molar-refractivity contribution >= 4 is 45.9 Å². The van der Waals surface area contributed by atoms with Crippen molar-refractivity contribution in [3.63, 3.8) is 0 Å². The molecule has 4 heteroatoms. The molecule has 0 N–H and O–H groups in total. The SMILES string of the molecule is C=II.COC(=O)C(C)(C)c1c(C)c(C)c(C)c(C)c1C. The van der Waals surface area contributed by atoms with Crippen LogP contribution in [0.1, 0.15) is 47.2 Å². The minimum Gasteiger partial charge on any atom is -0.468 e. The summed E-state index contributed by atoms with van der Waals surface area (Å²) >= 11 is 2.60. The summed E-state index contributed by atoms with van der Waals surface area (Å²) in [6.07, 6.45) is 0. The van der Waals surface area contributed by atoms with Crippen LogP contribution in [0.25, 0.3) is 0 Å². The van der Waals surface area contributed by atoms with E-state index < -0.39 is 5.41 Å². The predicted octanol–water partition coefficient (Wildman–Crippen LogP) is 5.42. The Balaban J connectivity index is 0.00000122. The Kier molecular flexibility index (Phi) is 8.61. The summed E-state index contributed by atoms with van der Waals surface area (Å²) in [5.41, 5.74) is 6.75. The van der Waals surface area contributed by atoms with Crippen LogP contribution < -0.4 is 0 Å². The fraction of sp³-hybridized carbons (Fsp3) is 0.529. The third-order valence-electron chi connectivity index (χ3n) is 4.32. The van der Waals surface area contributed by atoms with Gasteiger partial charge < -0.3 is 4.74 Å².